The molecule has 4 nitrogen and oxygen atoms in total. The second kappa shape index (κ2) is 6.19. The quantitative estimate of drug-likeness (QED) is 0.665. The number of carbonyl (C=O) groups excluding carboxylic acids is 1. The summed E-state index contributed by atoms with van der Waals surface area (Å²) in [5, 5.41) is 13.4. The molecule has 0 fully saturated rings. The van der Waals surface area contributed by atoms with E-state index in [1.165, 1.54) is 11.3 Å². The van der Waals surface area contributed by atoms with Crippen molar-refractivity contribution < 1.29 is 9.21 Å². The number of rotatable bonds is 3. The number of benzene rings is 1. The van der Waals surface area contributed by atoms with Crippen LogP contribution in [-0.4, -0.2) is 5.91 Å². The number of fused-ring (bicyclic) bond motifs is 1. The molecule has 0 unspecified atom stereocenters. The van der Waals surface area contributed by atoms with Crippen molar-refractivity contribution in [3.63, 3.8) is 0 Å². The normalized spacial score (nSPS) is 10.7. The summed E-state index contributed by atoms with van der Waals surface area (Å²) in [7, 11) is 0. The molecule has 0 bridgehead atoms. The van der Waals surface area contributed by atoms with Gasteiger partial charge in [-0.15, -0.1) is 11.3 Å². The molecule has 2 aromatic heterocycles. The van der Waals surface area contributed by atoms with Gasteiger partial charge in [0, 0.05) is 20.3 Å². The summed E-state index contributed by atoms with van der Waals surface area (Å²) in [6, 6.07) is 9.54. The summed E-state index contributed by atoms with van der Waals surface area (Å²) >= 11 is 4.84. The molecule has 0 aliphatic rings. The van der Waals surface area contributed by atoms with Gasteiger partial charge in [0.2, 0.25) is 0 Å². The van der Waals surface area contributed by atoms with Crippen molar-refractivity contribution >= 4 is 49.1 Å². The van der Waals surface area contributed by atoms with Crippen molar-refractivity contribution in [1.82, 2.24) is 0 Å². The third-order valence-corrected chi connectivity index (χ3v) is 5.27. The topological polar surface area (TPSA) is 66.0 Å². The van der Waals surface area contributed by atoms with Crippen molar-refractivity contribution in [1.29, 1.82) is 5.26 Å². The predicted molar refractivity (Wildman–Crippen MR) is 95.0 cm³/mol. The number of anilines is 1. The smallest absolute Gasteiger partial charge is 0.292 e. The molecule has 0 spiro atoms. The highest BCUT2D eigenvalue weighted by atomic mass is 79.9. The zero-order valence-electron chi connectivity index (χ0n) is 12.6. The molecule has 0 radical (unpaired) electrons. The van der Waals surface area contributed by atoms with Gasteiger partial charge in [0.25, 0.3) is 5.91 Å². The van der Waals surface area contributed by atoms with Crippen molar-refractivity contribution in [3.8, 4) is 6.07 Å². The first-order chi connectivity index (χ1) is 11.0. The van der Waals surface area contributed by atoms with Gasteiger partial charge >= 0.3 is 0 Å². The molecule has 0 saturated heterocycles. The number of aryl methyl sites for hydroxylation is 2. The maximum absolute atomic E-state index is 12.5. The van der Waals surface area contributed by atoms with Crippen LogP contribution in [0.2, 0.25) is 0 Å². The lowest BCUT2D eigenvalue weighted by Gasteiger charge is -2.01. The minimum Gasteiger partial charge on any atom is -0.451 e. The van der Waals surface area contributed by atoms with E-state index in [0.29, 0.717) is 16.1 Å². The summed E-state index contributed by atoms with van der Waals surface area (Å²) < 4.78 is 6.61. The molecular formula is C17H13BrN2O2S. The number of hydrogen-bond acceptors (Lipinski definition) is 4. The Bertz CT molecular complexity index is 950. The number of thiophene rings is 1. The first-order valence-electron chi connectivity index (χ1n) is 7.06. The first-order valence-corrected chi connectivity index (χ1v) is 8.67. The number of nitrogens with zero attached hydrogens (tertiary/aromatic N) is 1. The highest BCUT2D eigenvalue weighted by Crippen LogP contribution is 2.31. The van der Waals surface area contributed by atoms with Gasteiger partial charge in [0.15, 0.2) is 5.76 Å². The molecule has 2 heterocycles. The van der Waals surface area contributed by atoms with E-state index in [-0.39, 0.29) is 11.7 Å². The van der Waals surface area contributed by atoms with E-state index in [2.05, 4.69) is 27.3 Å². The van der Waals surface area contributed by atoms with Gasteiger partial charge in [0.05, 0.1) is 5.56 Å². The Hall–Kier alpha value is -2.10. The number of carbonyl (C=O) groups is 1. The van der Waals surface area contributed by atoms with Gasteiger partial charge in [-0.3, -0.25) is 4.79 Å². The fourth-order valence-corrected chi connectivity index (χ4v) is 3.66. The lowest BCUT2D eigenvalue weighted by molar-refractivity contribution is 0.0998. The molecule has 1 N–H and O–H groups in total. The molecule has 3 rings (SSSR count). The van der Waals surface area contributed by atoms with E-state index in [1.54, 1.807) is 0 Å². The van der Waals surface area contributed by atoms with Crippen molar-refractivity contribution in [2.45, 2.75) is 20.3 Å². The van der Waals surface area contributed by atoms with Crippen LogP contribution in [0.25, 0.3) is 11.0 Å². The molecule has 0 atom stereocenters. The van der Waals surface area contributed by atoms with Crippen LogP contribution >= 0.6 is 27.3 Å². The number of nitriles is 1. The fraction of sp³-hybridized carbons (Fsp3) is 0.176. The maximum atomic E-state index is 12.5. The van der Waals surface area contributed by atoms with Gasteiger partial charge in [-0.05, 0) is 37.6 Å². The van der Waals surface area contributed by atoms with Gasteiger partial charge in [0.1, 0.15) is 16.7 Å². The average Bonchev–Trinajstić information content (AvgIpc) is 3.08. The Balaban J connectivity index is 1.97. The number of hydrogen-bond donors (Lipinski definition) is 1. The first kappa shape index (κ1) is 15.8. The lowest BCUT2D eigenvalue weighted by atomic mass is 10.1. The third-order valence-electron chi connectivity index (χ3n) is 3.58. The second-order valence-corrected chi connectivity index (χ2v) is 7.12. The number of nitrogens with one attached hydrogen (secondary N) is 1. The summed E-state index contributed by atoms with van der Waals surface area (Å²) in [5.74, 6) is -0.0655. The van der Waals surface area contributed by atoms with E-state index >= 15 is 0 Å². The minimum atomic E-state index is -0.337. The van der Waals surface area contributed by atoms with Crippen molar-refractivity contribution in [2.24, 2.45) is 0 Å². The zero-order chi connectivity index (χ0) is 16.6. The number of furan rings is 1. The van der Waals surface area contributed by atoms with Crippen LogP contribution in [-0.2, 0) is 6.42 Å². The average molecular weight is 389 g/mol. The molecular weight excluding hydrogens is 376 g/mol. The number of halogens is 1. The van der Waals surface area contributed by atoms with Crippen LogP contribution in [0.15, 0.2) is 33.2 Å². The molecule has 23 heavy (non-hydrogen) atoms. The molecule has 0 aliphatic heterocycles. The molecule has 1 aromatic carbocycles. The van der Waals surface area contributed by atoms with Gasteiger partial charge in [-0.2, -0.15) is 5.26 Å². The molecule has 0 saturated carbocycles. The fourth-order valence-electron chi connectivity index (χ4n) is 2.36. The van der Waals surface area contributed by atoms with Gasteiger partial charge in [-0.25, -0.2) is 0 Å². The summed E-state index contributed by atoms with van der Waals surface area (Å²) in [5.41, 5.74) is 1.93. The van der Waals surface area contributed by atoms with Crippen LogP contribution in [0.3, 0.4) is 0 Å². The zero-order valence-corrected chi connectivity index (χ0v) is 15.0. The van der Waals surface area contributed by atoms with E-state index in [0.717, 1.165) is 26.7 Å². The maximum Gasteiger partial charge on any atom is 0.292 e. The molecule has 1 amide bonds. The summed E-state index contributed by atoms with van der Waals surface area (Å²) in [6.45, 7) is 3.87. The van der Waals surface area contributed by atoms with Crippen LogP contribution in [0.1, 0.15) is 33.5 Å². The Morgan fingerprint density at radius 3 is 2.91 bits per heavy atom. The molecule has 6 heteroatoms. The number of amides is 1. The Morgan fingerprint density at radius 2 is 2.22 bits per heavy atom. The summed E-state index contributed by atoms with van der Waals surface area (Å²) in [6.07, 6.45) is 0.826. The van der Waals surface area contributed by atoms with E-state index in [4.69, 9.17) is 4.42 Å². The Kier molecular flexibility index (Phi) is 4.24. The third kappa shape index (κ3) is 2.90. The largest absolute Gasteiger partial charge is 0.451 e. The lowest BCUT2D eigenvalue weighted by Crippen LogP contribution is -2.11. The summed E-state index contributed by atoms with van der Waals surface area (Å²) in [4.78, 5) is 13.6. The Morgan fingerprint density at radius 1 is 1.43 bits per heavy atom. The predicted octanol–water partition coefficient (Wildman–Crippen LogP) is 5.25. The van der Waals surface area contributed by atoms with Gasteiger partial charge in [-0.1, -0.05) is 22.9 Å². The van der Waals surface area contributed by atoms with Crippen LogP contribution < -0.4 is 5.32 Å². The van der Waals surface area contributed by atoms with E-state index < -0.39 is 0 Å². The van der Waals surface area contributed by atoms with Gasteiger partial charge < -0.3 is 9.73 Å². The van der Waals surface area contributed by atoms with Crippen LogP contribution in [0.4, 0.5) is 5.00 Å². The van der Waals surface area contributed by atoms with Crippen LogP contribution in [0.5, 0.6) is 0 Å². The second-order valence-electron chi connectivity index (χ2n) is 5.07. The highest BCUT2D eigenvalue weighted by molar-refractivity contribution is 9.10. The van der Waals surface area contributed by atoms with Crippen LogP contribution in [0, 0.1) is 18.3 Å². The van der Waals surface area contributed by atoms with Crippen molar-refractivity contribution in [2.75, 3.05) is 5.32 Å². The monoisotopic (exact) mass is 388 g/mol. The Labute approximate surface area is 145 Å². The van der Waals surface area contributed by atoms with E-state index in [9.17, 15) is 10.1 Å². The standard InChI is InChI=1S/C17H13BrN2O2S/c1-3-12-6-10(8-19)17(23-12)20-16(21)15-9(2)13-7-11(18)4-5-14(13)22-15/h4-7H,3H2,1-2H3,(H,20,21). The van der Waals surface area contributed by atoms with Crippen molar-refractivity contribution in [3.05, 3.63) is 50.5 Å². The molecule has 3 aromatic rings. The highest BCUT2D eigenvalue weighted by Gasteiger charge is 2.20. The SMILES string of the molecule is CCc1cc(C#N)c(NC(=O)c2oc3ccc(Br)cc3c2C)s1. The minimum absolute atomic E-state index is 0.272. The van der Waals surface area contributed by atoms with E-state index in [1.807, 2.05) is 38.1 Å². The molecule has 0 aliphatic carbocycles. The molecule has 116 valence electrons.